The number of anilines is 1. The van der Waals surface area contributed by atoms with Crippen molar-refractivity contribution in [2.75, 3.05) is 5.73 Å². The van der Waals surface area contributed by atoms with Crippen molar-refractivity contribution in [1.82, 2.24) is 9.78 Å². The monoisotopic (exact) mass is 151 g/mol. The van der Waals surface area contributed by atoms with E-state index in [-0.39, 0.29) is 18.2 Å². The van der Waals surface area contributed by atoms with Gasteiger partial charge < -0.3 is 5.73 Å². The molecule has 0 aliphatic heterocycles. The van der Waals surface area contributed by atoms with Crippen molar-refractivity contribution in [2.24, 2.45) is 7.05 Å². The second-order valence-corrected chi connectivity index (χ2v) is 1.52. The summed E-state index contributed by atoms with van der Waals surface area (Å²) in [6.45, 7) is 0. The van der Waals surface area contributed by atoms with Gasteiger partial charge in [0.25, 0.3) is 0 Å². The smallest absolute Gasteiger partial charge is 0.213 e. The molecule has 0 fully saturated rings. The molecule has 1 rings (SSSR count). The van der Waals surface area contributed by atoms with Crippen molar-refractivity contribution in [2.45, 2.75) is 0 Å². The summed E-state index contributed by atoms with van der Waals surface area (Å²) in [5.74, 6) is -0.201. The van der Waals surface area contributed by atoms with Crippen LogP contribution in [0.3, 0.4) is 0 Å². The van der Waals surface area contributed by atoms with Crippen LogP contribution in [0.1, 0.15) is 0 Å². The lowest BCUT2D eigenvalue weighted by Crippen LogP contribution is -1.93. The Morgan fingerprint density at radius 2 is 2.33 bits per heavy atom. The first-order valence-electron chi connectivity index (χ1n) is 2.15. The summed E-state index contributed by atoms with van der Waals surface area (Å²) >= 11 is 0. The highest BCUT2D eigenvalue weighted by Gasteiger charge is 1.96. The highest BCUT2D eigenvalue weighted by atomic mass is 35.5. The second kappa shape index (κ2) is 2.68. The Kier molecular flexibility index (Phi) is 2.45. The van der Waals surface area contributed by atoms with E-state index in [1.807, 2.05) is 0 Å². The molecule has 0 amide bonds. The van der Waals surface area contributed by atoms with Crippen molar-refractivity contribution in [1.29, 1.82) is 0 Å². The third-order valence-corrected chi connectivity index (χ3v) is 0.842. The van der Waals surface area contributed by atoms with Gasteiger partial charge in [-0.2, -0.15) is 9.49 Å². The SMILES string of the molecule is Cl.Cn1nc(N)cc1F. The zero-order valence-corrected chi connectivity index (χ0v) is 5.65. The van der Waals surface area contributed by atoms with E-state index in [9.17, 15) is 4.39 Å². The summed E-state index contributed by atoms with van der Waals surface area (Å²) in [6, 6.07) is 1.17. The van der Waals surface area contributed by atoms with E-state index < -0.39 is 5.95 Å². The van der Waals surface area contributed by atoms with Gasteiger partial charge in [0.15, 0.2) is 0 Å². The number of halogens is 2. The number of nitrogens with zero attached hydrogens (tertiary/aromatic N) is 2. The average molecular weight is 152 g/mol. The predicted molar refractivity (Wildman–Crippen MR) is 34.8 cm³/mol. The topological polar surface area (TPSA) is 43.8 Å². The zero-order valence-electron chi connectivity index (χ0n) is 4.84. The van der Waals surface area contributed by atoms with Crippen molar-refractivity contribution >= 4 is 18.2 Å². The molecule has 0 spiro atoms. The van der Waals surface area contributed by atoms with Crippen molar-refractivity contribution in [3.8, 4) is 0 Å². The van der Waals surface area contributed by atoms with Crippen molar-refractivity contribution < 1.29 is 4.39 Å². The molecule has 1 aromatic rings. The average Bonchev–Trinajstić information content (AvgIpc) is 1.85. The molecule has 0 aromatic carbocycles. The van der Waals surface area contributed by atoms with Gasteiger partial charge in [-0.3, -0.25) is 0 Å². The van der Waals surface area contributed by atoms with Gasteiger partial charge >= 0.3 is 0 Å². The second-order valence-electron chi connectivity index (χ2n) is 1.52. The summed E-state index contributed by atoms with van der Waals surface area (Å²) in [6.07, 6.45) is 0. The number of hydrogen-bond acceptors (Lipinski definition) is 2. The van der Waals surface area contributed by atoms with Gasteiger partial charge in [-0.25, -0.2) is 4.68 Å². The molecular formula is C4H7ClFN3. The molecule has 0 saturated carbocycles. The van der Waals surface area contributed by atoms with E-state index in [2.05, 4.69) is 5.10 Å². The Morgan fingerprint density at radius 1 is 1.78 bits per heavy atom. The molecule has 0 atom stereocenters. The first kappa shape index (κ1) is 8.23. The summed E-state index contributed by atoms with van der Waals surface area (Å²) in [5, 5.41) is 3.53. The van der Waals surface area contributed by atoms with Gasteiger partial charge in [-0.05, 0) is 0 Å². The number of rotatable bonds is 0. The van der Waals surface area contributed by atoms with E-state index in [0.717, 1.165) is 4.68 Å². The first-order chi connectivity index (χ1) is 3.70. The van der Waals surface area contributed by atoms with Crippen LogP contribution in [0, 0.1) is 5.95 Å². The van der Waals surface area contributed by atoms with Crippen molar-refractivity contribution in [3.05, 3.63) is 12.0 Å². The van der Waals surface area contributed by atoms with Crippen molar-refractivity contribution in [3.63, 3.8) is 0 Å². The van der Waals surface area contributed by atoms with E-state index >= 15 is 0 Å². The third-order valence-electron chi connectivity index (χ3n) is 0.842. The van der Waals surface area contributed by atoms with E-state index in [4.69, 9.17) is 5.73 Å². The van der Waals surface area contributed by atoms with E-state index in [1.165, 1.54) is 13.1 Å². The minimum Gasteiger partial charge on any atom is -0.382 e. The summed E-state index contributed by atoms with van der Waals surface area (Å²) < 4.78 is 13.2. The molecular weight excluding hydrogens is 145 g/mol. The van der Waals surface area contributed by atoms with Crippen LogP contribution in [0.2, 0.25) is 0 Å². The molecule has 0 radical (unpaired) electrons. The Bertz CT molecular complexity index is 178. The number of aromatic nitrogens is 2. The maximum Gasteiger partial charge on any atom is 0.213 e. The van der Waals surface area contributed by atoms with Gasteiger partial charge in [-0.1, -0.05) is 0 Å². The number of aryl methyl sites for hydroxylation is 1. The van der Waals surface area contributed by atoms with Crippen LogP contribution in [-0.2, 0) is 7.05 Å². The lowest BCUT2D eigenvalue weighted by atomic mass is 10.6. The summed E-state index contributed by atoms with van der Waals surface area (Å²) in [7, 11) is 1.49. The quantitative estimate of drug-likeness (QED) is 0.589. The third kappa shape index (κ3) is 1.57. The molecule has 1 heterocycles. The van der Waals surface area contributed by atoms with E-state index in [1.54, 1.807) is 0 Å². The minimum absolute atomic E-state index is 0. The number of hydrogen-bond donors (Lipinski definition) is 1. The molecule has 5 heteroatoms. The fourth-order valence-corrected chi connectivity index (χ4v) is 0.465. The summed E-state index contributed by atoms with van der Waals surface area (Å²) in [4.78, 5) is 0. The molecule has 52 valence electrons. The van der Waals surface area contributed by atoms with Gasteiger partial charge in [-0.15, -0.1) is 12.4 Å². The number of nitrogen functional groups attached to an aromatic ring is 1. The Balaban J connectivity index is 0.000000640. The molecule has 0 bridgehead atoms. The maximum atomic E-state index is 12.2. The van der Waals surface area contributed by atoms with Gasteiger partial charge in [0.2, 0.25) is 5.95 Å². The number of nitrogens with two attached hydrogens (primary N) is 1. The fourth-order valence-electron chi connectivity index (χ4n) is 0.465. The zero-order chi connectivity index (χ0) is 6.15. The van der Waals surface area contributed by atoms with Gasteiger partial charge in [0.1, 0.15) is 5.82 Å². The largest absolute Gasteiger partial charge is 0.382 e. The van der Waals surface area contributed by atoms with Crippen LogP contribution in [0.5, 0.6) is 0 Å². The highest BCUT2D eigenvalue weighted by Crippen LogP contribution is 1.99. The Morgan fingerprint density at radius 3 is 2.44 bits per heavy atom. The Hall–Kier alpha value is -0.770. The normalized spacial score (nSPS) is 8.67. The van der Waals surface area contributed by atoms with Crippen LogP contribution < -0.4 is 5.73 Å². The first-order valence-corrected chi connectivity index (χ1v) is 2.15. The van der Waals surface area contributed by atoms with Crippen LogP contribution in [0.4, 0.5) is 10.2 Å². The molecule has 0 saturated heterocycles. The maximum absolute atomic E-state index is 12.2. The van der Waals surface area contributed by atoms with Crippen LogP contribution >= 0.6 is 12.4 Å². The highest BCUT2D eigenvalue weighted by molar-refractivity contribution is 5.85. The van der Waals surface area contributed by atoms with Crippen LogP contribution in [0.25, 0.3) is 0 Å². The van der Waals surface area contributed by atoms with Gasteiger partial charge in [0, 0.05) is 13.1 Å². The molecule has 3 nitrogen and oxygen atoms in total. The predicted octanol–water partition coefficient (Wildman–Crippen LogP) is 0.563. The molecule has 9 heavy (non-hydrogen) atoms. The molecule has 0 unspecified atom stereocenters. The fraction of sp³-hybridized carbons (Fsp3) is 0.250. The molecule has 0 aliphatic carbocycles. The van der Waals surface area contributed by atoms with Crippen LogP contribution in [0.15, 0.2) is 6.07 Å². The summed E-state index contributed by atoms with van der Waals surface area (Å²) in [5.41, 5.74) is 5.11. The van der Waals surface area contributed by atoms with E-state index in [0.29, 0.717) is 0 Å². The standard InChI is InChI=1S/C4H6FN3.ClH/c1-8-3(5)2-4(6)7-8;/h2H,1H3,(H2,6,7);1H. The van der Waals surface area contributed by atoms with Crippen LogP contribution in [-0.4, -0.2) is 9.78 Å². The minimum atomic E-state index is -0.414. The molecule has 0 aliphatic rings. The molecule has 2 N–H and O–H groups in total. The van der Waals surface area contributed by atoms with Gasteiger partial charge in [0.05, 0.1) is 0 Å². The lowest BCUT2D eigenvalue weighted by Gasteiger charge is -1.83. The Labute approximate surface area is 58.1 Å². The lowest BCUT2D eigenvalue weighted by molar-refractivity contribution is 0.504. The molecule has 1 aromatic heterocycles.